The first-order chi connectivity index (χ1) is 12.5. The molecule has 2 saturated heterocycles. The van der Waals surface area contributed by atoms with Crippen molar-refractivity contribution in [3.63, 3.8) is 0 Å². The van der Waals surface area contributed by atoms with Crippen LogP contribution in [0.15, 0.2) is 29.3 Å². The molecule has 0 amide bonds. The molecule has 0 aromatic heterocycles. The number of rotatable bonds is 4. The molecule has 0 saturated carbocycles. The summed E-state index contributed by atoms with van der Waals surface area (Å²) in [7, 11) is 0. The number of ether oxygens (including phenoxy) is 1. The van der Waals surface area contributed by atoms with E-state index in [9.17, 15) is 4.39 Å². The molecule has 2 atom stereocenters. The maximum Gasteiger partial charge on any atom is 0.191 e. The molecular formula is C20H32FIN4O. The summed E-state index contributed by atoms with van der Waals surface area (Å²) in [4.78, 5) is 9.09. The minimum atomic E-state index is -0.199. The van der Waals surface area contributed by atoms with Crippen molar-refractivity contribution < 1.29 is 9.13 Å². The zero-order valence-corrected chi connectivity index (χ0v) is 18.6. The molecule has 1 aromatic carbocycles. The van der Waals surface area contributed by atoms with Crippen LogP contribution in [-0.4, -0.2) is 56.3 Å². The van der Waals surface area contributed by atoms with Crippen LogP contribution in [-0.2, 0) is 4.74 Å². The number of hydrogen-bond donors (Lipinski definition) is 1. The highest BCUT2D eigenvalue weighted by atomic mass is 127. The lowest BCUT2D eigenvalue weighted by atomic mass is 9.87. The summed E-state index contributed by atoms with van der Waals surface area (Å²) < 4.78 is 19.0. The van der Waals surface area contributed by atoms with Crippen molar-refractivity contribution in [1.82, 2.24) is 4.90 Å². The first-order valence-electron chi connectivity index (χ1n) is 9.71. The summed E-state index contributed by atoms with van der Waals surface area (Å²) in [6.45, 7) is 9.43. The second-order valence-electron chi connectivity index (χ2n) is 7.63. The number of nitrogens with two attached hydrogens (primary N) is 1. The van der Waals surface area contributed by atoms with E-state index in [2.05, 4.69) is 28.6 Å². The average Bonchev–Trinajstić information content (AvgIpc) is 2.67. The smallest absolute Gasteiger partial charge is 0.191 e. The summed E-state index contributed by atoms with van der Waals surface area (Å²) in [5.74, 6) is 1.41. The van der Waals surface area contributed by atoms with Gasteiger partial charge in [-0.2, -0.15) is 0 Å². The van der Waals surface area contributed by atoms with Crippen LogP contribution in [0.3, 0.4) is 0 Å². The summed E-state index contributed by atoms with van der Waals surface area (Å²) >= 11 is 0. The first-order valence-corrected chi connectivity index (χ1v) is 9.71. The van der Waals surface area contributed by atoms with Crippen molar-refractivity contribution in [1.29, 1.82) is 0 Å². The summed E-state index contributed by atoms with van der Waals surface area (Å²) in [5, 5.41) is 0. The summed E-state index contributed by atoms with van der Waals surface area (Å²) in [6, 6.07) is 6.68. The standard InChI is InChI=1S/C20H31FN4O.HI/c1-15(2)19-16(4-3-13-26-19)14-23-20(22)25-11-9-24(10-12-25)18-7-5-17(21)6-8-18;/h5-8,15-16,19H,3-4,9-14H2,1-2H3,(H2,22,23);1H. The SMILES string of the molecule is CC(C)C1OCCCC1CN=C(N)N1CCN(c2ccc(F)cc2)CC1.I. The van der Waals surface area contributed by atoms with Gasteiger partial charge in [-0.15, -0.1) is 24.0 Å². The number of halogens is 2. The Kier molecular flexibility index (Phi) is 8.60. The molecule has 2 aliphatic heterocycles. The molecule has 2 heterocycles. The van der Waals surface area contributed by atoms with Crippen LogP contribution in [0.1, 0.15) is 26.7 Å². The Labute approximate surface area is 179 Å². The Bertz CT molecular complexity index is 603. The number of benzene rings is 1. The fourth-order valence-corrected chi connectivity index (χ4v) is 3.95. The number of hydrogen-bond acceptors (Lipinski definition) is 3. The maximum atomic E-state index is 13.1. The van der Waals surface area contributed by atoms with E-state index in [0.29, 0.717) is 17.8 Å². The molecule has 1 aromatic rings. The van der Waals surface area contributed by atoms with Crippen LogP contribution in [0.25, 0.3) is 0 Å². The van der Waals surface area contributed by atoms with Gasteiger partial charge in [-0.3, -0.25) is 4.99 Å². The Hall–Kier alpha value is -1.09. The molecule has 2 unspecified atom stereocenters. The van der Waals surface area contributed by atoms with Crippen molar-refractivity contribution in [3.05, 3.63) is 30.1 Å². The van der Waals surface area contributed by atoms with Gasteiger partial charge in [0.05, 0.1) is 6.10 Å². The molecule has 0 radical (unpaired) electrons. The number of guanidine groups is 1. The monoisotopic (exact) mass is 490 g/mol. The van der Waals surface area contributed by atoms with E-state index in [1.54, 1.807) is 0 Å². The van der Waals surface area contributed by atoms with Crippen LogP contribution in [0.4, 0.5) is 10.1 Å². The molecule has 0 spiro atoms. The fourth-order valence-electron chi connectivity index (χ4n) is 3.95. The van der Waals surface area contributed by atoms with Gasteiger partial charge in [0.15, 0.2) is 5.96 Å². The third-order valence-corrected chi connectivity index (χ3v) is 5.43. The van der Waals surface area contributed by atoms with Gasteiger partial charge >= 0.3 is 0 Å². The normalized spacial score (nSPS) is 24.1. The van der Waals surface area contributed by atoms with Gasteiger partial charge in [-0.05, 0) is 43.0 Å². The zero-order chi connectivity index (χ0) is 18.5. The Morgan fingerprint density at radius 2 is 1.89 bits per heavy atom. The lowest BCUT2D eigenvalue weighted by Crippen LogP contribution is -2.51. The van der Waals surface area contributed by atoms with Gasteiger partial charge < -0.3 is 20.3 Å². The van der Waals surface area contributed by atoms with E-state index in [1.807, 2.05) is 12.1 Å². The lowest BCUT2D eigenvalue weighted by molar-refractivity contribution is -0.0491. The van der Waals surface area contributed by atoms with Crippen molar-refractivity contribution in [2.75, 3.05) is 44.2 Å². The van der Waals surface area contributed by atoms with E-state index in [0.717, 1.165) is 57.9 Å². The summed E-state index contributed by atoms with van der Waals surface area (Å²) in [6.07, 6.45) is 2.56. The third-order valence-electron chi connectivity index (χ3n) is 5.43. The average molecular weight is 490 g/mol. The van der Waals surface area contributed by atoms with Crippen molar-refractivity contribution in [2.45, 2.75) is 32.8 Å². The molecule has 0 aliphatic carbocycles. The van der Waals surface area contributed by atoms with Gasteiger partial charge in [0.25, 0.3) is 0 Å². The molecule has 2 N–H and O–H groups in total. The predicted octanol–water partition coefficient (Wildman–Crippen LogP) is 3.33. The molecular weight excluding hydrogens is 458 g/mol. The molecule has 152 valence electrons. The first kappa shape index (κ1) is 22.2. The van der Waals surface area contributed by atoms with Gasteiger partial charge in [0.1, 0.15) is 5.82 Å². The highest BCUT2D eigenvalue weighted by Crippen LogP contribution is 2.26. The van der Waals surface area contributed by atoms with Crippen molar-refractivity contribution in [3.8, 4) is 0 Å². The van der Waals surface area contributed by atoms with Gasteiger partial charge in [0.2, 0.25) is 0 Å². The van der Waals surface area contributed by atoms with Crippen LogP contribution < -0.4 is 10.6 Å². The second kappa shape index (κ2) is 10.5. The molecule has 2 fully saturated rings. The summed E-state index contributed by atoms with van der Waals surface area (Å²) in [5.41, 5.74) is 7.31. The van der Waals surface area contributed by atoms with E-state index >= 15 is 0 Å². The quantitative estimate of drug-likeness (QED) is 0.400. The van der Waals surface area contributed by atoms with Gasteiger partial charge in [-0.25, -0.2) is 4.39 Å². The van der Waals surface area contributed by atoms with Crippen LogP contribution >= 0.6 is 24.0 Å². The molecule has 27 heavy (non-hydrogen) atoms. The topological polar surface area (TPSA) is 54.1 Å². The Morgan fingerprint density at radius 1 is 1.22 bits per heavy atom. The fraction of sp³-hybridized carbons (Fsp3) is 0.650. The molecule has 5 nitrogen and oxygen atoms in total. The largest absolute Gasteiger partial charge is 0.378 e. The Balaban J connectivity index is 0.00000261. The molecule has 7 heteroatoms. The van der Waals surface area contributed by atoms with Gasteiger partial charge in [-0.1, -0.05) is 13.8 Å². The minimum Gasteiger partial charge on any atom is -0.378 e. The molecule has 3 rings (SSSR count). The van der Waals surface area contributed by atoms with Crippen LogP contribution in [0.5, 0.6) is 0 Å². The van der Waals surface area contributed by atoms with Crippen molar-refractivity contribution in [2.24, 2.45) is 22.6 Å². The minimum absolute atomic E-state index is 0. The van der Waals surface area contributed by atoms with Gasteiger partial charge in [0, 0.05) is 50.9 Å². The van der Waals surface area contributed by atoms with E-state index in [4.69, 9.17) is 10.5 Å². The Morgan fingerprint density at radius 3 is 2.52 bits per heavy atom. The van der Waals surface area contributed by atoms with Crippen molar-refractivity contribution >= 4 is 35.6 Å². The van der Waals surface area contributed by atoms with E-state index in [1.165, 1.54) is 12.1 Å². The number of aliphatic imine (C=N–C) groups is 1. The third kappa shape index (κ3) is 5.94. The van der Waals surface area contributed by atoms with Crippen LogP contribution in [0.2, 0.25) is 0 Å². The molecule has 0 bridgehead atoms. The van der Waals surface area contributed by atoms with E-state index < -0.39 is 0 Å². The second-order valence-corrected chi connectivity index (χ2v) is 7.63. The highest BCUT2D eigenvalue weighted by Gasteiger charge is 2.28. The van der Waals surface area contributed by atoms with E-state index in [-0.39, 0.29) is 35.9 Å². The van der Waals surface area contributed by atoms with Crippen LogP contribution in [0, 0.1) is 17.7 Å². The lowest BCUT2D eigenvalue weighted by Gasteiger charge is -2.37. The predicted molar refractivity (Wildman–Crippen MR) is 119 cm³/mol. The number of nitrogens with zero attached hydrogens (tertiary/aromatic N) is 3. The number of anilines is 1. The maximum absolute atomic E-state index is 13.1. The highest BCUT2D eigenvalue weighted by molar-refractivity contribution is 14.0. The molecule has 2 aliphatic rings. The zero-order valence-electron chi connectivity index (χ0n) is 16.3. The number of piperazine rings is 1.